The van der Waals surface area contributed by atoms with Crippen molar-refractivity contribution < 1.29 is 0 Å². The zero-order valence-corrected chi connectivity index (χ0v) is 36.6. The lowest BCUT2D eigenvalue weighted by molar-refractivity contribution is 0.305. The van der Waals surface area contributed by atoms with Gasteiger partial charge < -0.3 is 19.8 Å². The van der Waals surface area contributed by atoms with Gasteiger partial charge in [0.1, 0.15) is 6.17 Å². The molecule has 0 amide bonds. The fraction of sp³-hybridized carbons (Fsp3) is 0.164. The van der Waals surface area contributed by atoms with E-state index in [0.717, 1.165) is 67.7 Å². The number of rotatable bonds is 18. The molecule has 0 saturated heterocycles. The summed E-state index contributed by atoms with van der Waals surface area (Å²) in [4.78, 5) is 7.49. The summed E-state index contributed by atoms with van der Waals surface area (Å²) in [6.07, 6.45) is 33.9. The van der Waals surface area contributed by atoms with E-state index in [-0.39, 0.29) is 6.17 Å². The highest BCUT2D eigenvalue weighted by Gasteiger charge is 2.34. The van der Waals surface area contributed by atoms with Crippen LogP contribution in [0.1, 0.15) is 54.9 Å². The second-order valence-electron chi connectivity index (χ2n) is 15.0. The Morgan fingerprint density at radius 2 is 1.73 bits per heavy atom. The Kier molecular flexibility index (Phi) is 14.9. The molecule has 60 heavy (non-hydrogen) atoms. The minimum Gasteiger partial charge on any atom is -0.361 e. The minimum atomic E-state index is -0.549. The molecule has 2 unspecified atom stereocenters. The Balaban J connectivity index is 1.47. The molecular formula is C55H58N4S. The van der Waals surface area contributed by atoms with E-state index in [2.05, 4.69) is 220 Å². The SMILES string of the molecule is C=C/C=C\c1c(C)c2cc(C(/C=C/c3ccc(-c4ccc[nH]4)cc3)=C/C(=C\C)C(C)(C(=C)SC(=C)/C=C\C=C/CNCC)c3ccccc3)ccc2n1C1C=CC=CN1C. The summed E-state index contributed by atoms with van der Waals surface area (Å²) in [5, 5.41) is 4.53. The van der Waals surface area contributed by atoms with Crippen LogP contribution in [0.25, 0.3) is 39.9 Å². The van der Waals surface area contributed by atoms with Crippen molar-refractivity contribution in [3.63, 3.8) is 0 Å². The first-order valence-corrected chi connectivity index (χ1v) is 21.5. The van der Waals surface area contributed by atoms with Gasteiger partial charge in [0, 0.05) is 53.1 Å². The van der Waals surface area contributed by atoms with Gasteiger partial charge in [-0.05, 0) is 120 Å². The highest BCUT2D eigenvalue weighted by Crippen LogP contribution is 2.47. The fourth-order valence-corrected chi connectivity index (χ4v) is 8.54. The van der Waals surface area contributed by atoms with Crippen molar-refractivity contribution in [2.75, 3.05) is 20.1 Å². The zero-order valence-electron chi connectivity index (χ0n) is 35.7. The van der Waals surface area contributed by atoms with Gasteiger partial charge in [-0.25, -0.2) is 0 Å². The van der Waals surface area contributed by atoms with Crippen molar-refractivity contribution in [1.29, 1.82) is 0 Å². The average molecular weight is 807 g/mol. The van der Waals surface area contributed by atoms with Gasteiger partial charge in [0.05, 0.1) is 5.52 Å². The summed E-state index contributed by atoms with van der Waals surface area (Å²) < 4.78 is 2.42. The Bertz CT molecular complexity index is 2530. The molecule has 0 saturated carbocycles. The first-order chi connectivity index (χ1) is 29.2. The molecule has 0 fully saturated rings. The molecule has 304 valence electrons. The minimum absolute atomic E-state index is 0.0359. The summed E-state index contributed by atoms with van der Waals surface area (Å²) in [6, 6.07) is 30.4. The van der Waals surface area contributed by atoms with Crippen molar-refractivity contribution in [2.24, 2.45) is 0 Å². The maximum atomic E-state index is 4.74. The lowest BCUT2D eigenvalue weighted by atomic mass is 9.74. The van der Waals surface area contributed by atoms with Crippen molar-refractivity contribution in [3.8, 4) is 11.3 Å². The molecular weight excluding hydrogens is 749 g/mol. The second-order valence-corrected chi connectivity index (χ2v) is 16.2. The lowest BCUT2D eigenvalue weighted by Gasteiger charge is -2.34. The number of aromatic nitrogens is 2. The number of thioether (sulfide) groups is 1. The van der Waals surface area contributed by atoms with Crippen LogP contribution in [0.15, 0.2) is 205 Å². The van der Waals surface area contributed by atoms with Crippen LogP contribution < -0.4 is 5.32 Å². The highest BCUT2D eigenvalue weighted by atomic mass is 32.2. The van der Waals surface area contributed by atoms with Crippen LogP contribution >= 0.6 is 11.8 Å². The predicted octanol–water partition coefficient (Wildman–Crippen LogP) is 14.1. The number of nitrogens with zero attached hydrogens (tertiary/aromatic N) is 2. The second kappa shape index (κ2) is 20.6. The van der Waals surface area contributed by atoms with Gasteiger partial charge in [0.25, 0.3) is 0 Å². The number of H-pyrrole nitrogens is 1. The van der Waals surface area contributed by atoms with Crippen LogP contribution in [-0.2, 0) is 5.41 Å². The molecule has 0 spiro atoms. The van der Waals surface area contributed by atoms with E-state index in [9.17, 15) is 0 Å². The molecule has 2 N–H and O–H groups in total. The largest absolute Gasteiger partial charge is 0.361 e. The van der Waals surface area contributed by atoms with Gasteiger partial charge in [0.15, 0.2) is 0 Å². The Hall–Kier alpha value is -6.27. The van der Waals surface area contributed by atoms with Crippen molar-refractivity contribution >= 4 is 40.4 Å². The number of allylic oxidation sites excluding steroid dienone is 13. The maximum absolute atomic E-state index is 4.74. The third-order valence-corrected chi connectivity index (χ3v) is 12.2. The lowest BCUT2D eigenvalue weighted by Crippen LogP contribution is -2.25. The van der Waals surface area contributed by atoms with Crippen LogP contribution in [0.5, 0.6) is 0 Å². The molecule has 3 heterocycles. The number of hydrogen-bond acceptors (Lipinski definition) is 3. The molecule has 2 aromatic heterocycles. The van der Waals surface area contributed by atoms with Gasteiger partial charge in [-0.15, -0.1) is 0 Å². The molecule has 5 heteroatoms. The van der Waals surface area contributed by atoms with Crippen LogP contribution in [0.4, 0.5) is 0 Å². The van der Waals surface area contributed by atoms with Crippen LogP contribution in [0.3, 0.4) is 0 Å². The molecule has 0 bridgehead atoms. The third-order valence-electron chi connectivity index (χ3n) is 11.1. The standard InChI is InChI=1S/C55H58N4S/c1-9-12-26-52-42(5)50-40-47(34-35-53(50)59(52)54-27-18-20-38-58(54)8)46(33-30-44-28-31-45(32-29-44)51-25-21-37-57-51)39-48(10-2)55(7,49-23-16-13-17-24-49)43(6)60-41(4)22-15-14-19-36-56-11-3/h9-10,12-35,37-40,54,56-57H,1,4,6,11,36H2,2-3,5,7-8H3/b19-14-,22-15-,26-12-,33-30+,46-39+,48-10+. The van der Waals surface area contributed by atoms with E-state index in [1.807, 2.05) is 30.5 Å². The van der Waals surface area contributed by atoms with Gasteiger partial charge in [-0.2, -0.15) is 0 Å². The quantitative estimate of drug-likeness (QED) is 0.0684. The summed E-state index contributed by atoms with van der Waals surface area (Å²) in [6.45, 7) is 23.7. The topological polar surface area (TPSA) is 36.0 Å². The van der Waals surface area contributed by atoms with Crippen molar-refractivity contribution in [1.82, 2.24) is 19.8 Å². The number of likely N-dealkylation sites (N-methyl/N-ethyl adjacent to an activating group) is 2. The number of fused-ring (bicyclic) bond motifs is 1. The Morgan fingerprint density at radius 1 is 0.933 bits per heavy atom. The van der Waals surface area contributed by atoms with Gasteiger partial charge in [-0.1, -0.05) is 160 Å². The van der Waals surface area contributed by atoms with E-state index in [0.29, 0.717) is 0 Å². The van der Waals surface area contributed by atoms with E-state index < -0.39 is 5.41 Å². The summed E-state index contributed by atoms with van der Waals surface area (Å²) in [5.41, 5.74) is 10.9. The van der Waals surface area contributed by atoms with E-state index in [4.69, 9.17) is 6.58 Å². The number of aromatic amines is 1. The van der Waals surface area contributed by atoms with Crippen LogP contribution in [-0.4, -0.2) is 34.6 Å². The summed E-state index contributed by atoms with van der Waals surface area (Å²) in [5.74, 6) is 0. The zero-order chi connectivity index (χ0) is 42.5. The van der Waals surface area contributed by atoms with Crippen LogP contribution in [0.2, 0.25) is 0 Å². The van der Waals surface area contributed by atoms with Gasteiger partial charge in [-0.3, -0.25) is 0 Å². The Labute approximate surface area is 362 Å². The first-order valence-electron chi connectivity index (χ1n) is 20.7. The van der Waals surface area contributed by atoms with Crippen molar-refractivity contribution in [3.05, 3.63) is 233 Å². The fourth-order valence-electron chi connectivity index (χ4n) is 7.64. The van der Waals surface area contributed by atoms with Gasteiger partial charge >= 0.3 is 0 Å². The number of benzene rings is 3. The first kappa shape index (κ1) is 43.3. The third kappa shape index (κ3) is 9.94. The molecule has 6 rings (SSSR count). The van der Waals surface area contributed by atoms with Gasteiger partial charge in [0.2, 0.25) is 0 Å². The molecule has 1 aliphatic rings. The summed E-state index contributed by atoms with van der Waals surface area (Å²) >= 11 is 1.63. The average Bonchev–Trinajstić information content (AvgIpc) is 3.91. The Morgan fingerprint density at radius 3 is 2.43 bits per heavy atom. The van der Waals surface area contributed by atoms with Crippen molar-refractivity contribution in [2.45, 2.75) is 39.3 Å². The predicted molar refractivity (Wildman–Crippen MR) is 264 cm³/mol. The molecule has 2 atom stereocenters. The molecule has 0 radical (unpaired) electrons. The normalized spacial score (nSPS) is 15.9. The molecule has 4 nitrogen and oxygen atoms in total. The monoisotopic (exact) mass is 806 g/mol. The number of hydrogen-bond donors (Lipinski definition) is 2. The maximum Gasteiger partial charge on any atom is 0.125 e. The van der Waals surface area contributed by atoms with Crippen LogP contribution in [0, 0.1) is 6.92 Å². The summed E-state index contributed by atoms with van der Waals surface area (Å²) in [7, 11) is 2.13. The molecule has 0 aliphatic carbocycles. The van der Waals surface area contributed by atoms with E-state index >= 15 is 0 Å². The molecule has 3 aromatic carbocycles. The highest BCUT2D eigenvalue weighted by molar-refractivity contribution is 8.07. The molecule has 5 aromatic rings. The van der Waals surface area contributed by atoms with E-state index in [1.165, 1.54) is 16.5 Å². The number of aryl methyl sites for hydroxylation is 1. The smallest absolute Gasteiger partial charge is 0.125 e. The van der Waals surface area contributed by atoms with E-state index in [1.54, 1.807) is 11.8 Å². The number of nitrogens with one attached hydrogen (secondary N) is 2. The molecule has 1 aliphatic heterocycles.